The van der Waals surface area contributed by atoms with Crippen LogP contribution in [-0.2, 0) is 23.8 Å². The third-order valence-corrected chi connectivity index (χ3v) is 2.22. The first-order chi connectivity index (χ1) is 7.54. The Labute approximate surface area is 94.4 Å². The van der Waals surface area contributed by atoms with Gasteiger partial charge in [-0.05, 0) is 12.5 Å². The lowest BCUT2D eigenvalue weighted by molar-refractivity contribution is -0.173. The van der Waals surface area contributed by atoms with E-state index < -0.39 is 24.1 Å². The van der Waals surface area contributed by atoms with Crippen LogP contribution in [0.3, 0.4) is 0 Å². The Bertz CT molecular complexity index is 297. The maximum atomic E-state index is 11.0. The summed E-state index contributed by atoms with van der Waals surface area (Å²) < 4.78 is 15.5. The van der Waals surface area contributed by atoms with E-state index in [1.807, 2.05) is 6.92 Å². The minimum Gasteiger partial charge on any atom is -0.494 e. The molecule has 1 aliphatic heterocycles. The summed E-state index contributed by atoms with van der Waals surface area (Å²) in [5, 5.41) is 0. The molecule has 5 heteroatoms. The monoisotopic (exact) mass is 228 g/mol. The highest BCUT2D eigenvalue weighted by Crippen LogP contribution is 2.21. The normalized spacial score (nSPS) is 28.1. The second-order valence-corrected chi connectivity index (χ2v) is 3.56. The van der Waals surface area contributed by atoms with Gasteiger partial charge in [0.15, 0.2) is 12.2 Å². The molecule has 0 spiro atoms. The fraction of sp³-hybridized carbons (Fsp3) is 0.636. The molecule has 0 aromatic carbocycles. The first-order valence-corrected chi connectivity index (χ1v) is 5.21. The third-order valence-electron chi connectivity index (χ3n) is 2.22. The zero-order chi connectivity index (χ0) is 12.1. The highest BCUT2D eigenvalue weighted by atomic mass is 16.6. The molecule has 0 N–H and O–H groups in total. The van der Waals surface area contributed by atoms with Gasteiger partial charge in [0.05, 0.1) is 6.26 Å². The lowest BCUT2D eigenvalue weighted by Crippen LogP contribution is -2.44. The van der Waals surface area contributed by atoms with Gasteiger partial charge in [0, 0.05) is 13.8 Å². The number of ether oxygens (including phenoxy) is 3. The SMILES string of the molecule is CCC1OC=C[C@H](OC(C)=O)[C@H]1OC(C)=O. The highest BCUT2D eigenvalue weighted by molar-refractivity contribution is 5.67. The van der Waals surface area contributed by atoms with Gasteiger partial charge in [-0.1, -0.05) is 6.92 Å². The van der Waals surface area contributed by atoms with Crippen molar-refractivity contribution in [3.63, 3.8) is 0 Å². The van der Waals surface area contributed by atoms with E-state index in [-0.39, 0.29) is 6.10 Å². The van der Waals surface area contributed by atoms with Crippen LogP contribution in [0.25, 0.3) is 0 Å². The number of carbonyl (C=O) groups is 2. The van der Waals surface area contributed by atoms with Crippen LogP contribution in [0, 0.1) is 0 Å². The summed E-state index contributed by atoms with van der Waals surface area (Å²) in [5.74, 6) is -0.831. The number of hydrogen-bond donors (Lipinski definition) is 0. The molecule has 0 saturated carbocycles. The van der Waals surface area contributed by atoms with E-state index in [1.54, 1.807) is 6.08 Å². The molecule has 16 heavy (non-hydrogen) atoms. The Morgan fingerprint density at radius 1 is 1.25 bits per heavy atom. The van der Waals surface area contributed by atoms with Crippen LogP contribution in [0.5, 0.6) is 0 Å². The molecule has 1 unspecified atom stereocenters. The summed E-state index contributed by atoms with van der Waals surface area (Å²) in [4.78, 5) is 21.9. The molecule has 0 aromatic rings. The summed E-state index contributed by atoms with van der Waals surface area (Å²) in [6, 6.07) is 0. The second-order valence-electron chi connectivity index (χ2n) is 3.56. The van der Waals surface area contributed by atoms with Gasteiger partial charge < -0.3 is 14.2 Å². The van der Waals surface area contributed by atoms with Crippen molar-refractivity contribution in [2.75, 3.05) is 0 Å². The van der Waals surface area contributed by atoms with Crippen molar-refractivity contribution in [1.82, 2.24) is 0 Å². The molecule has 1 aliphatic rings. The van der Waals surface area contributed by atoms with Crippen LogP contribution in [0.1, 0.15) is 27.2 Å². The van der Waals surface area contributed by atoms with Gasteiger partial charge in [-0.2, -0.15) is 0 Å². The van der Waals surface area contributed by atoms with E-state index in [4.69, 9.17) is 14.2 Å². The summed E-state index contributed by atoms with van der Waals surface area (Å²) in [5.41, 5.74) is 0. The third kappa shape index (κ3) is 3.25. The van der Waals surface area contributed by atoms with Gasteiger partial charge in [0.1, 0.15) is 6.10 Å². The van der Waals surface area contributed by atoms with Crippen LogP contribution < -0.4 is 0 Å². The molecule has 0 fully saturated rings. The molecule has 0 radical (unpaired) electrons. The predicted molar refractivity (Wildman–Crippen MR) is 55.4 cm³/mol. The molecular formula is C11H16O5. The van der Waals surface area contributed by atoms with Gasteiger partial charge in [0.2, 0.25) is 0 Å². The predicted octanol–water partition coefficient (Wildman–Crippen LogP) is 1.17. The van der Waals surface area contributed by atoms with E-state index >= 15 is 0 Å². The van der Waals surface area contributed by atoms with Crippen molar-refractivity contribution in [2.24, 2.45) is 0 Å². The van der Waals surface area contributed by atoms with Crippen LogP contribution >= 0.6 is 0 Å². The van der Waals surface area contributed by atoms with Crippen LogP contribution in [-0.4, -0.2) is 30.3 Å². The number of rotatable bonds is 3. The lowest BCUT2D eigenvalue weighted by Gasteiger charge is -2.32. The van der Waals surface area contributed by atoms with E-state index in [0.29, 0.717) is 6.42 Å². The van der Waals surface area contributed by atoms with Crippen molar-refractivity contribution in [2.45, 2.75) is 45.5 Å². The first kappa shape index (κ1) is 12.5. The molecule has 3 atom stereocenters. The van der Waals surface area contributed by atoms with Crippen LogP contribution in [0.2, 0.25) is 0 Å². The molecule has 0 aromatic heterocycles. The summed E-state index contributed by atoms with van der Waals surface area (Å²) >= 11 is 0. The molecular weight excluding hydrogens is 212 g/mol. The topological polar surface area (TPSA) is 61.8 Å². The van der Waals surface area contributed by atoms with Crippen molar-refractivity contribution in [3.8, 4) is 0 Å². The zero-order valence-corrected chi connectivity index (χ0v) is 9.64. The van der Waals surface area contributed by atoms with Crippen molar-refractivity contribution in [3.05, 3.63) is 12.3 Å². The lowest BCUT2D eigenvalue weighted by atomic mass is 10.0. The number of carbonyl (C=O) groups excluding carboxylic acids is 2. The summed E-state index contributed by atoms with van der Waals surface area (Å²) in [7, 11) is 0. The number of hydrogen-bond acceptors (Lipinski definition) is 5. The van der Waals surface area contributed by atoms with E-state index in [2.05, 4.69) is 0 Å². The van der Waals surface area contributed by atoms with Crippen LogP contribution in [0.4, 0.5) is 0 Å². The molecule has 5 nitrogen and oxygen atoms in total. The number of esters is 2. The maximum absolute atomic E-state index is 11.0. The Balaban J connectivity index is 2.77. The Hall–Kier alpha value is -1.52. The molecule has 1 rings (SSSR count). The van der Waals surface area contributed by atoms with Gasteiger partial charge in [-0.25, -0.2) is 0 Å². The van der Waals surface area contributed by atoms with E-state index in [1.165, 1.54) is 20.1 Å². The largest absolute Gasteiger partial charge is 0.494 e. The average molecular weight is 228 g/mol. The van der Waals surface area contributed by atoms with Gasteiger partial charge >= 0.3 is 11.9 Å². The Morgan fingerprint density at radius 3 is 2.38 bits per heavy atom. The first-order valence-electron chi connectivity index (χ1n) is 5.21. The molecule has 0 saturated heterocycles. The van der Waals surface area contributed by atoms with Crippen molar-refractivity contribution >= 4 is 11.9 Å². The minimum atomic E-state index is -0.573. The maximum Gasteiger partial charge on any atom is 0.303 e. The van der Waals surface area contributed by atoms with Crippen molar-refractivity contribution in [1.29, 1.82) is 0 Å². The molecule has 0 amide bonds. The Kier molecular flexibility index (Phi) is 4.34. The van der Waals surface area contributed by atoms with Crippen LogP contribution in [0.15, 0.2) is 12.3 Å². The average Bonchev–Trinajstić information content (AvgIpc) is 2.19. The molecule has 0 aliphatic carbocycles. The van der Waals surface area contributed by atoms with Gasteiger partial charge in [0.25, 0.3) is 0 Å². The smallest absolute Gasteiger partial charge is 0.303 e. The molecule has 0 bridgehead atoms. The zero-order valence-electron chi connectivity index (χ0n) is 9.64. The Morgan fingerprint density at radius 2 is 1.88 bits per heavy atom. The fourth-order valence-corrected chi connectivity index (χ4v) is 1.58. The van der Waals surface area contributed by atoms with E-state index in [0.717, 1.165) is 0 Å². The summed E-state index contributed by atoms with van der Waals surface area (Å²) in [6.07, 6.45) is 2.29. The molecule has 90 valence electrons. The highest BCUT2D eigenvalue weighted by Gasteiger charge is 2.35. The molecule has 1 heterocycles. The van der Waals surface area contributed by atoms with Gasteiger partial charge in [-0.3, -0.25) is 9.59 Å². The quantitative estimate of drug-likeness (QED) is 0.678. The second kappa shape index (κ2) is 5.53. The summed E-state index contributed by atoms with van der Waals surface area (Å²) in [6.45, 7) is 4.54. The fourth-order valence-electron chi connectivity index (χ4n) is 1.58. The van der Waals surface area contributed by atoms with E-state index in [9.17, 15) is 9.59 Å². The minimum absolute atomic E-state index is 0.279. The van der Waals surface area contributed by atoms with Crippen molar-refractivity contribution < 1.29 is 23.8 Å². The standard InChI is InChI=1S/C11H16O5/c1-4-9-11(16-8(3)13)10(5-6-14-9)15-7(2)12/h5-6,9-11H,4H2,1-3H3/t9?,10-,11-/m0/s1. The van der Waals surface area contributed by atoms with Gasteiger partial charge in [-0.15, -0.1) is 0 Å².